The van der Waals surface area contributed by atoms with Crippen LogP contribution >= 0.6 is 11.6 Å². The van der Waals surface area contributed by atoms with Crippen LogP contribution < -0.4 is 9.64 Å². The molecule has 0 radical (unpaired) electrons. The van der Waals surface area contributed by atoms with Crippen molar-refractivity contribution < 1.29 is 19.0 Å². The van der Waals surface area contributed by atoms with Crippen molar-refractivity contribution in [2.45, 2.75) is 75.7 Å². The summed E-state index contributed by atoms with van der Waals surface area (Å²) in [5.74, 6) is 3.62. The molecule has 2 aromatic carbocycles. The molecule has 1 aliphatic heterocycles. The molecule has 3 aromatic rings. The molecule has 0 amide bonds. The van der Waals surface area contributed by atoms with Crippen LogP contribution in [-0.4, -0.2) is 56.0 Å². The molecule has 46 heavy (non-hydrogen) atoms. The number of ether oxygens (including phenoxy) is 3. The van der Waals surface area contributed by atoms with Gasteiger partial charge in [0.05, 0.1) is 31.1 Å². The maximum absolute atomic E-state index is 12.7. The first-order valence-electron chi connectivity index (χ1n) is 17.1. The fraction of sp³-hybridized carbons (Fsp3) is 0.553. The van der Waals surface area contributed by atoms with Crippen molar-refractivity contribution >= 4 is 23.3 Å². The van der Waals surface area contributed by atoms with Crippen molar-refractivity contribution in [1.82, 2.24) is 9.97 Å². The maximum atomic E-state index is 12.7. The molecule has 244 valence electrons. The van der Waals surface area contributed by atoms with Gasteiger partial charge in [0.15, 0.2) is 0 Å². The Labute approximate surface area is 278 Å². The number of aromatic nitrogens is 2. The summed E-state index contributed by atoms with van der Waals surface area (Å²) >= 11 is 6.46. The number of benzene rings is 2. The Bertz CT molecular complexity index is 1540. The normalized spacial score (nSPS) is 27.8. The summed E-state index contributed by atoms with van der Waals surface area (Å²) in [6, 6.07) is 14.0. The van der Waals surface area contributed by atoms with Gasteiger partial charge >= 0.3 is 5.97 Å². The highest BCUT2D eigenvalue weighted by Gasteiger charge is 2.46. The fourth-order valence-electron chi connectivity index (χ4n) is 9.12. The van der Waals surface area contributed by atoms with Crippen molar-refractivity contribution in [3.8, 4) is 5.75 Å². The van der Waals surface area contributed by atoms with Gasteiger partial charge in [0.1, 0.15) is 11.6 Å². The van der Waals surface area contributed by atoms with Crippen molar-refractivity contribution in [2.24, 2.45) is 23.7 Å². The molecule has 1 aromatic heterocycles. The highest BCUT2D eigenvalue weighted by molar-refractivity contribution is 6.30. The van der Waals surface area contributed by atoms with Crippen molar-refractivity contribution in [2.75, 3.05) is 38.8 Å². The number of hydrogen-bond donors (Lipinski definition) is 0. The molecule has 0 bridgehead atoms. The van der Waals surface area contributed by atoms with Gasteiger partial charge in [0, 0.05) is 49.5 Å². The van der Waals surface area contributed by atoms with Crippen LogP contribution in [-0.2, 0) is 27.7 Å². The molecule has 1 spiro atoms. The van der Waals surface area contributed by atoms with Crippen LogP contribution in [0.15, 0.2) is 54.9 Å². The summed E-state index contributed by atoms with van der Waals surface area (Å²) in [4.78, 5) is 24.2. The number of carbonyl (C=O) groups excluding carboxylic acids is 1. The van der Waals surface area contributed by atoms with E-state index in [9.17, 15) is 4.79 Å². The van der Waals surface area contributed by atoms with Gasteiger partial charge in [0.25, 0.3) is 0 Å². The monoisotopic (exact) mass is 643 g/mol. The predicted octanol–water partition coefficient (Wildman–Crippen LogP) is 7.48. The van der Waals surface area contributed by atoms with Gasteiger partial charge in [-0.05, 0) is 123 Å². The van der Waals surface area contributed by atoms with E-state index in [-0.39, 0.29) is 17.5 Å². The molecule has 8 heteroatoms. The van der Waals surface area contributed by atoms with Crippen LogP contribution in [0.2, 0.25) is 5.02 Å². The Hall–Kier alpha value is -3.16. The van der Waals surface area contributed by atoms with E-state index in [0.29, 0.717) is 35.8 Å². The molecule has 7 rings (SSSR count). The van der Waals surface area contributed by atoms with Gasteiger partial charge in [-0.25, -0.2) is 14.8 Å². The molecule has 3 aliphatic carbocycles. The van der Waals surface area contributed by atoms with Crippen LogP contribution in [0.3, 0.4) is 0 Å². The largest absolute Gasteiger partial charge is 0.490 e. The van der Waals surface area contributed by atoms with Crippen molar-refractivity contribution in [1.29, 1.82) is 0 Å². The van der Waals surface area contributed by atoms with Gasteiger partial charge in [-0.15, -0.1) is 0 Å². The van der Waals surface area contributed by atoms with Crippen molar-refractivity contribution in [3.05, 3.63) is 82.4 Å². The van der Waals surface area contributed by atoms with E-state index in [0.717, 1.165) is 61.1 Å². The van der Waals surface area contributed by atoms with Crippen LogP contribution in [0.5, 0.6) is 5.75 Å². The second-order valence-electron chi connectivity index (χ2n) is 14.1. The molecule has 0 unspecified atom stereocenters. The number of hydrogen-bond acceptors (Lipinski definition) is 7. The number of aryl methyl sites for hydroxylation is 1. The van der Waals surface area contributed by atoms with Crippen molar-refractivity contribution in [3.63, 3.8) is 0 Å². The number of esters is 1. The highest BCUT2D eigenvalue weighted by atomic mass is 35.5. The van der Waals surface area contributed by atoms with Crippen LogP contribution in [0.1, 0.15) is 78.7 Å². The van der Waals surface area contributed by atoms with Gasteiger partial charge in [-0.2, -0.15) is 0 Å². The van der Waals surface area contributed by atoms with E-state index >= 15 is 0 Å². The molecular weight excluding hydrogens is 598 g/mol. The third kappa shape index (κ3) is 6.25. The van der Waals surface area contributed by atoms with Gasteiger partial charge in [-0.1, -0.05) is 24.1 Å². The Kier molecular flexibility index (Phi) is 9.24. The smallest absolute Gasteiger partial charge is 0.337 e. The minimum Gasteiger partial charge on any atom is -0.490 e. The van der Waals surface area contributed by atoms with E-state index in [1.54, 1.807) is 0 Å². The van der Waals surface area contributed by atoms with Crippen LogP contribution in [0.4, 0.5) is 5.69 Å². The van der Waals surface area contributed by atoms with E-state index < -0.39 is 0 Å². The first kappa shape index (κ1) is 31.4. The molecule has 0 N–H and O–H groups in total. The zero-order valence-corrected chi connectivity index (χ0v) is 27.9. The summed E-state index contributed by atoms with van der Waals surface area (Å²) in [5.41, 5.74) is 4.07. The fourth-order valence-corrected chi connectivity index (χ4v) is 9.32. The standard InChI is InChI=1S/C38H46ClN3O4/c1-44-36(27-7-3-6-25(18-27)19-35-40-16-5-17-41-35)31-12-9-29(31)22-42-23-38(15-4-8-26-20-30(39)11-13-32(26)38)24-46-34-14-10-28(21-33(34)42)37(43)45-2/h5,10-11,13-14,16-17,20-21,25,27,29,31,36H,3-4,6-9,12,15,18-19,22-24H2,1-2H3/t25-,27+,29-,31+,36-,38-/m0/s1. The van der Waals surface area contributed by atoms with Crippen LogP contribution in [0.25, 0.3) is 0 Å². The lowest BCUT2D eigenvalue weighted by atomic mass is 9.64. The molecule has 6 atom stereocenters. The molecule has 0 saturated heterocycles. The van der Waals surface area contributed by atoms with E-state index in [1.807, 2.05) is 49.8 Å². The Balaban J connectivity index is 1.15. The lowest BCUT2D eigenvalue weighted by Gasteiger charge is -2.48. The quantitative estimate of drug-likeness (QED) is 0.236. The topological polar surface area (TPSA) is 73.8 Å². The zero-order chi connectivity index (χ0) is 31.7. The summed E-state index contributed by atoms with van der Waals surface area (Å²) in [6.45, 7) is 2.35. The van der Waals surface area contributed by atoms with Gasteiger partial charge in [-0.3, -0.25) is 0 Å². The number of carbonyl (C=O) groups is 1. The van der Waals surface area contributed by atoms with E-state index in [2.05, 4.69) is 27.0 Å². The second-order valence-corrected chi connectivity index (χ2v) is 14.6. The number of anilines is 1. The lowest BCUT2D eigenvalue weighted by Crippen LogP contribution is -2.51. The number of fused-ring (bicyclic) bond motifs is 3. The lowest BCUT2D eigenvalue weighted by molar-refractivity contribution is -0.0643. The van der Waals surface area contributed by atoms with Crippen LogP contribution in [0, 0.1) is 23.7 Å². The molecule has 2 fully saturated rings. The number of halogens is 1. The summed E-state index contributed by atoms with van der Waals surface area (Å²) in [7, 11) is 3.36. The third-order valence-electron chi connectivity index (χ3n) is 11.5. The molecule has 2 saturated carbocycles. The molecule has 4 aliphatic rings. The number of methoxy groups -OCH3 is 2. The molecule has 7 nitrogen and oxygen atoms in total. The third-order valence-corrected chi connectivity index (χ3v) is 11.7. The Morgan fingerprint density at radius 3 is 2.74 bits per heavy atom. The number of nitrogens with zero attached hydrogens (tertiary/aromatic N) is 3. The number of rotatable bonds is 8. The van der Waals surface area contributed by atoms with Gasteiger partial charge in [0.2, 0.25) is 0 Å². The average Bonchev–Trinajstić information content (AvgIpc) is 3.22. The van der Waals surface area contributed by atoms with E-state index in [4.69, 9.17) is 25.8 Å². The van der Waals surface area contributed by atoms with Gasteiger partial charge < -0.3 is 19.1 Å². The minimum atomic E-state index is -0.326. The average molecular weight is 644 g/mol. The molecule has 2 heterocycles. The summed E-state index contributed by atoms with van der Waals surface area (Å²) in [5, 5.41) is 0.789. The maximum Gasteiger partial charge on any atom is 0.337 e. The Morgan fingerprint density at radius 2 is 1.96 bits per heavy atom. The molecular formula is C38H46ClN3O4. The minimum absolute atomic E-state index is 0.154. The van der Waals surface area contributed by atoms with E-state index in [1.165, 1.54) is 56.8 Å². The zero-order valence-electron chi connectivity index (χ0n) is 27.1. The summed E-state index contributed by atoms with van der Waals surface area (Å²) < 4.78 is 18.2. The summed E-state index contributed by atoms with van der Waals surface area (Å²) in [6.07, 6.45) is 15.3. The Morgan fingerprint density at radius 1 is 1.09 bits per heavy atom. The SMILES string of the molecule is COC(=O)c1ccc2c(c1)N(C[C@@H]1CC[C@H]1[C@@H](OC)[C@@H]1CCC[C@H](Cc3ncccn3)C1)C[C@@]1(CCCc3cc(Cl)ccc31)CO2. The first-order valence-corrected chi connectivity index (χ1v) is 17.5. The highest BCUT2D eigenvalue weighted by Crippen LogP contribution is 2.49. The second kappa shape index (κ2) is 13.5. The predicted molar refractivity (Wildman–Crippen MR) is 180 cm³/mol. The first-order chi connectivity index (χ1) is 22.5.